The van der Waals surface area contributed by atoms with Crippen LogP contribution in [0.4, 0.5) is 17.3 Å². The van der Waals surface area contributed by atoms with Gasteiger partial charge in [0.1, 0.15) is 12.4 Å². The average Bonchev–Trinajstić information content (AvgIpc) is 2.37. The smallest absolute Gasteiger partial charge is 0.492 e. The van der Waals surface area contributed by atoms with E-state index in [4.69, 9.17) is 16.3 Å². The summed E-state index contributed by atoms with van der Waals surface area (Å²) in [6.07, 6.45) is 0. The van der Waals surface area contributed by atoms with Gasteiger partial charge < -0.3 is 17.7 Å². The second kappa shape index (κ2) is 5.75. The molecule has 0 unspecified atom stereocenters. The quantitative estimate of drug-likeness (QED) is 0.610. The monoisotopic (exact) mass is 303 g/mol. The lowest BCUT2D eigenvalue weighted by Crippen LogP contribution is -2.35. The summed E-state index contributed by atoms with van der Waals surface area (Å²) in [5, 5.41) is 0.213. The maximum absolute atomic E-state index is 13.5. The molecule has 1 nitrogen and oxygen atoms in total. The molecule has 0 aromatic heterocycles. The predicted octanol–water partition coefficient (Wildman–Crippen LogP) is 4.11. The first-order chi connectivity index (χ1) is 9.38. The maximum atomic E-state index is 13.5. The van der Waals surface area contributed by atoms with Crippen LogP contribution in [-0.4, -0.2) is 6.98 Å². The van der Waals surface area contributed by atoms with Gasteiger partial charge in [0.15, 0.2) is 0 Å². The molecule has 0 aliphatic carbocycles. The molecule has 0 radical (unpaired) electrons. The zero-order valence-corrected chi connectivity index (χ0v) is 10.9. The molecule has 0 spiro atoms. The minimum Gasteiger partial charge on any atom is -0.492 e. The fourth-order valence-electron chi connectivity index (χ4n) is 1.68. The third-order valence-corrected chi connectivity index (χ3v) is 2.91. The summed E-state index contributed by atoms with van der Waals surface area (Å²) in [7, 11) is 0. The average molecular weight is 303 g/mol. The molecule has 20 heavy (non-hydrogen) atoms. The van der Waals surface area contributed by atoms with E-state index in [1.807, 2.05) is 0 Å². The summed E-state index contributed by atoms with van der Waals surface area (Å²) >= 11 is 5.59. The van der Waals surface area contributed by atoms with Gasteiger partial charge in [-0.25, -0.2) is 4.39 Å². The Kier molecular flexibility index (Phi) is 4.23. The van der Waals surface area contributed by atoms with Gasteiger partial charge in [-0.1, -0.05) is 41.3 Å². The maximum Gasteiger partial charge on any atom is 0.513 e. The molecule has 0 fully saturated rings. The van der Waals surface area contributed by atoms with E-state index in [9.17, 15) is 17.3 Å². The highest BCUT2D eigenvalue weighted by atomic mass is 35.5. The van der Waals surface area contributed by atoms with E-state index in [0.717, 1.165) is 12.1 Å². The van der Waals surface area contributed by atoms with Crippen molar-refractivity contribution in [3.63, 3.8) is 0 Å². The number of ether oxygens (including phenoxy) is 1. The van der Waals surface area contributed by atoms with Crippen molar-refractivity contribution in [3.8, 4) is 5.75 Å². The van der Waals surface area contributed by atoms with Crippen LogP contribution in [0, 0.1) is 5.82 Å². The Morgan fingerprint density at radius 1 is 1.05 bits per heavy atom. The molecule has 0 N–H and O–H groups in total. The van der Waals surface area contributed by atoms with E-state index in [2.05, 4.69) is 0 Å². The Hall–Kier alpha value is -1.69. The number of hydrogen-bond acceptors (Lipinski definition) is 1. The Morgan fingerprint density at radius 2 is 1.75 bits per heavy atom. The molecule has 0 amide bonds. The Balaban J connectivity index is 2.19. The minimum absolute atomic E-state index is 0.138. The van der Waals surface area contributed by atoms with Gasteiger partial charge in [-0.2, -0.15) is 0 Å². The van der Waals surface area contributed by atoms with Crippen LogP contribution in [-0.2, 0) is 6.61 Å². The van der Waals surface area contributed by atoms with Gasteiger partial charge in [-0.15, -0.1) is 0 Å². The number of benzene rings is 2. The first-order valence-corrected chi connectivity index (χ1v) is 6.11. The summed E-state index contributed by atoms with van der Waals surface area (Å²) < 4.78 is 57.0. The van der Waals surface area contributed by atoms with E-state index >= 15 is 0 Å². The summed E-state index contributed by atoms with van der Waals surface area (Å²) in [4.78, 5) is 0. The highest BCUT2D eigenvalue weighted by molar-refractivity contribution is 6.74. The van der Waals surface area contributed by atoms with Crippen molar-refractivity contribution in [2.24, 2.45) is 0 Å². The summed E-state index contributed by atoms with van der Waals surface area (Å²) in [5.41, 5.74) is -0.694. The van der Waals surface area contributed by atoms with E-state index < -0.39 is 18.3 Å². The van der Waals surface area contributed by atoms with Crippen LogP contribution in [0.3, 0.4) is 0 Å². The topological polar surface area (TPSA) is 9.23 Å². The van der Waals surface area contributed by atoms with Crippen molar-refractivity contribution in [2.75, 3.05) is 0 Å². The summed E-state index contributed by atoms with van der Waals surface area (Å²) in [6, 6.07) is 8.76. The Bertz CT molecular complexity index is 616. The Labute approximate surface area is 118 Å². The number of hydrogen-bond donors (Lipinski definition) is 0. The number of rotatable bonds is 4. The van der Waals surface area contributed by atoms with Gasteiger partial charge in [0.05, 0.1) is 5.75 Å². The predicted molar refractivity (Wildman–Crippen MR) is 70.9 cm³/mol. The van der Waals surface area contributed by atoms with Crippen LogP contribution >= 0.6 is 11.6 Å². The normalized spacial score (nSPS) is 11.4. The number of halogens is 5. The third kappa shape index (κ3) is 3.45. The zero-order chi connectivity index (χ0) is 14.8. The van der Waals surface area contributed by atoms with Gasteiger partial charge in [-0.05, 0) is 18.2 Å². The highest BCUT2D eigenvalue weighted by Gasteiger charge is 2.28. The van der Waals surface area contributed by atoms with Crippen LogP contribution in [0.25, 0.3) is 0 Å². The van der Waals surface area contributed by atoms with Gasteiger partial charge in [0, 0.05) is 10.6 Å². The molecule has 0 bridgehead atoms. The molecule has 106 valence electrons. The molecule has 7 heteroatoms. The second-order valence-corrected chi connectivity index (χ2v) is 4.57. The van der Waals surface area contributed by atoms with E-state index in [-0.39, 0.29) is 22.9 Å². The van der Waals surface area contributed by atoms with Crippen molar-refractivity contribution in [2.45, 2.75) is 6.61 Å². The SMILES string of the molecule is Fc1cc(Cl)ccc1COc1ccccc1[B-](F)(F)F. The highest BCUT2D eigenvalue weighted by Crippen LogP contribution is 2.20. The van der Waals surface area contributed by atoms with E-state index in [0.29, 0.717) is 0 Å². The van der Waals surface area contributed by atoms with Crippen LogP contribution in [0.2, 0.25) is 5.02 Å². The van der Waals surface area contributed by atoms with Gasteiger partial charge in [0.2, 0.25) is 0 Å². The molecule has 0 saturated carbocycles. The third-order valence-electron chi connectivity index (χ3n) is 2.67. The Morgan fingerprint density at radius 3 is 2.40 bits per heavy atom. The molecule has 2 rings (SSSR count). The fourth-order valence-corrected chi connectivity index (χ4v) is 1.84. The van der Waals surface area contributed by atoms with Crippen molar-refractivity contribution in [3.05, 3.63) is 58.9 Å². The van der Waals surface area contributed by atoms with Crippen LogP contribution in [0.1, 0.15) is 5.56 Å². The van der Waals surface area contributed by atoms with Crippen LogP contribution < -0.4 is 10.2 Å². The van der Waals surface area contributed by atoms with Crippen LogP contribution in [0.15, 0.2) is 42.5 Å². The van der Waals surface area contributed by atoms with Gasteiger partial charge in [0.25, 0.3) is 0 Å². The molecule has 2 aromatic carbocycles. The molecule has 0 aliphatic rings. The lowest BCUT2D eigenvalue weighted by molar-refractivity contribution is 0.300. The molecule has 0 atom stereocenters. The largest absolute Gasteiger partial charge is 0.513 e. The van der Waals surface area contributed by atoms with Crippen molar-refractivity contribution in [1.29, 1.82) is 0 Å². The molecular weight excluding hydrogens is 294 g/mol. The van der Waals surface area contributed by atoms with Gasteiger partial charge >= 0.3 is 6.98 Å². The minimum atomic E-state index is -5.18. The summed E-state index contributed by atoms with van der Waals surface area (Å²) in [5.74, 6) is -0.929. The molecule has 0 heterocycles. The molecule has 0 saturated heterocycles. The van der Waals surface area contributed by atoms with Gasteiger partial charge in [-0.3, -0.25) is 0 Å². The fraction of sp³-hybridized carbons (Fsp3) is 0.0769. The lowest BCUT2D eigenvalue weighted by atomic mass is 9.79. The first kappa shape index (κ1) is 14.7. The van der Waals surface area contributed by atoms with Crippen molar-refractivity contribution >= 4 is 24.0 Å². The molecule has 0 aliphatic heterocycles. The van der Waals surface area contributed by atoms with Crippen LogP contribution in [0.5, 0.6) is 5.75 Å². The summed E-state index contributed by atoms with van der Waals surface area (Å²) in [6.45, 7) is -5.48. The standard InChI is InChI=1S/C13H9BClF4O/c15-10-6-5-9(12(16)7-10)8-20-13-4-2-1-3-11(13)14(17,18)19/h1-7H,8H2/q-1. The number of para-hydroxylation sites is 1. The van der Waals surface area contributed by atoms with Crippen molar-refractivity contribution in [1.82, 2.24) is 0 Å². The molecular formula is C13H9BClF4O-. The molecule has 2 aromatic rings. The van der Waals surface area contributed by atoms with Crippen molar-refractivity contribution < 1.29 is 22.1 Å². The zero-order valence-electron chi connectivity index (χ0n) is 10.1. The van der Waals surface area contributed by atoms with E-state index in [1.54, 1.807) is 0 Å². The second-order valence-electron chi connectivity index (χ2n) is 4.14. The first-order valence-electron chi connectivity index (χ1n) is 5.73. The lowest BCUT2D eigenvalue weighted by Gasteiger charge is -2.19. The van der Waals surface area contributed by atoms with E-state index in [1.165, 1.54) is 30.3 Å².